The van der Waals surface area contributed by atoms with Gasteiger partial charge in [-0.1, -0.05) is 66.7 Å². The SMILES string of the molecule is CC(C)N(CC(O)C(=O)OCc1ccccc1)C(=O)NC(CC(=O)O)c1ccc2ccccc2c1. The number of hydrogen-bond donors (Lipinski definition) is 3. The Hall–Kier alpha value is -3.91. The van der Waals surface area contributed by atoms with Crippen LogP contribution in [-0.2, 0) is 20.9 Å². The molecule has 2 amide bonds. The zero-order chi connectivity index (χ0) is 25.4. The van der Waals surface area contributed by atoms with Crippen molar-refractivity contribution in [2.75, 3.05) is 6.54 Å². The molecule has 35 heavy (non-hydrogen) atoms. The van der Waals surface area contributed by atoms with Gasteiger partial charge in [-0.15, -0.1) is 0 Å². The van der Waals surface area contributed by atoms with Crippen molar-refractivity contribution >= 4 is 28.7 Å². The van der Waals surface area contributed by atoms with E-state index in [1.165, 1.54) is 4.90 Å². The number of aliphatic hydroxyl groups is 1. The van der Waals surface area contributed by atoms with Gasteiger partial charge in [-0.3, -0.25) is 4.79 Å². The average Bonchev–Trinajstić information content (AvgIpc) is 2.85. The second-order valence-corrected chi connectivity index (χ2v) is 8.56. The normalized spacial score (nSPS) is 12.7. The molecular formula is C27H30N2O6. The fourth-order valence-corrected chi connectivity index (χ4v) is 3.70. The fourth-order valence-electron chi connectivity index (χ4n) is 3.70. The third kappa shape index (κ3) is 7.28. The molecule has 2 unspecified atom stereocenters. The number of carboxylic acid groups (broad SMARTS) is 1. The third-order valence-corrected chi connectivity index (χ3v) is 5.60. The van der Waals surface area contributed by atoms with E-state index in [1.807, 2.05) is 54.6 Å². The van der Waals surface area contributed by atoms with E-state index in [1.54, 1.807) is 32.0 Å². The molecule has 0 fully saturated rings. The number of carbonyl (C=O) groups is 3. The van der Waals surface area contributed by atoms with Crippen LogP contribution in [0.15, 0.2) is 72.8 Å². The number of aliphatic hydroxyl groups excluding tert-OH is 1. The maximum Gasteiger partial charge on any atom is 0.337 e. The van der Waals surface area contributed by atoms with Crippen molar-refractivity contribution in [3.05, 3.63) is 83.9 Å². The summed E-state index contributed by atoms with van der Waals surface area (Å²) in [6.07, 6.45) is -1.87. The van der Waals surface area contributed by atoms with Crippen LogP contribution >= 0.6 is 0 Å². The number of urea groups is 1. The van der Waals surface area contributed by atoms with Gasteiger partial charge in [0.2, 0.25) is 0 Å². The van der Waals surface area contributed by atoms with Gasteiger partial charge in [0.25, 0.3) is 0 Å². The molecule has 0 spiro atoms. The molecule has 8 heteroatoms. The van der Waals surface area contributed by atoms with E-state index in [4.69, 9.17) is 4.74 Å². The maximum absolute atomic E-state index is 13.1. The third-order valence-electron chi connectivity index (χ3n) is 5.60. The van der Waals surface area contributed by atoms with Crippen molar-refractivity contribution in [3.8, 4) is 0 Å². The zero-order valence-electron chi connectivity index (χ0n) is 19.8. The van der Waals surface area contributed by atoms with Gasteiger partial charge < -0.3 is 25.2 Å². The van der Waals surface area contributed by atoms with Crippen molar-refractivity contribution in [2.24, 2.45) is 0 Å². The fraction of sp³-hybridized carbons (Fsp3) is 0.296. The molecule has 3 aromatic carbocycles. The van der Waals surface area contributed by atoms with Crippen LogP contribution in [0.1, 0.15) is 37.4 Å². The summed E-state index contributed by atoms with van der Waals surface area (Å²) >= 11 is 0. The van der Waals surface area contributed by atoms with Crippen molar-refractivity contribution < 1.29 is 29.3 Å². The van der Waals surface area contributed by atoms with Gasteiger partial charge in [-0.05, 0) is 41.8 Å². The number of aliphatic carboxylic acids is 1. The summed E-state index contributed by atoms with van der Waals surface area (Å²) in [5, 5.41) is 24.5. The number of carbonyl (C=O) groups excluding carboxylic acids is 2. The summed E-state index contributed by atoms with van der Waals surface area (Å²) in [6.45, 7) is 3.19. The van der Waals surface area contributed by atoms with Crippen LogP contribution in [0.5, 0.6) is 0 Å². The average molecular weight is 479 g/mol. The van der Waals surface area contributed by atoms with E-state index in [-0.39, 0.29) is 25.6 Å². The smallest absolute Gasteiger partial charge is 0.337 e. The maximum atomic E-state index is 13.1. The Morgan fingerprint density at radius 3 is 2.26 bits per heavy atom. The largest absolute Gasteiger partial charge is 0.481 e. The summed E-state index contributed by atoms with van der Waals surface area (Å²) in [5.74, 6) is -1.91. The highest BCUT2D eigenvalue weighted by Crippen LogP contribution is 2.23. The summed E-state index contributed by atoms with van der Waals surface area (Å²) < 4.78 is 5.17. The number of carboxylic acids is 1. The summed E-state index contributed by atoms with van der Waals surface area (Å²) in [4.78, 5) is 38.2. The predicted octanol–water partition coefficient (Wildman–Crippen LogP) is 3.88. The highest BCUT2D eigenvalue weighted by atomic mass is 16.5. The Balaban J connectivity index is 1.69. The molecular weight excluding hydrogens is 448 g/mol. The Morgan fingerprint density at radius 2 is 1.60 bits per heavy atom. The first kappa shape index (κ1) is 25.7. The number of amides is 2. The van der Waals surface area contributed by atoms with E-state index in [0.29, 0.717) is 5.56 Å². The molecule has 0 heterocycles. The van der Waals surface area contributed by atoms with E-state index in [0.717, 1.165) is 16.3 Å². The molecule has 2 atom stereocenters. The minimum Gasteiger partial charge on any atom is -0.481 e. The van der Waals surface area contributed by atoms with Crippen LogP contribution in [0, 0.1) is 0 Å². The van der Waals surface area contributed by atoms with E-state index >= 15 is 0 Å². The van der Waals surface area contributed by atoms with Gasteiger partial charge in [-0.2, -0.15) is 0 Å². The molecule has 0 radical (unpaired) electrons. The summed E-state index contributed by atoms with van der Waals surface area (Å²) in [6, 6.07) is 20.5. The van der Waals surface area contributed by atoms with Crippen molar-refractivity contribution in [3.63, 3.8) is 0 Å². The highest BCUT2D eigenvalue weighted by Gasteiger charge is 2.28. The number of ether oxygens (including phenoxy) is 1. The number of hydrogen-bond acceptors (Lipinski definition) is 5. The van der Waals surface area contributed by atoms with Crippen LogP contribution in [0.3, 0.4) is 0 Å². The van der Waals surface area contributed by atoms with E-state index in [2.05, 4.69) is 5.32 Å². The Kier molecular flexibility index (Phi) is 8.80. The first-order valence-corrected chi connectivity index (χ1v) is 11.4. The van der Waals surface area contributed by atoms with E-state index in [9.17, 15) is 24.6 Å². The molecule has 0 bridgehead atoms. The highest BCUT2D eigenvalue weighted by molar-refractivity contribution is 5.84. The second kappa shape index (κ2) is 12.0. The lowest BCUT2D eigenvalue weighted by atomic mass is 10.00. The summed E-state index contributed by atoms with van der Waals surface area (Å²) in [5.41, 5.74) is 1.42. The van der Waals surface area contributed by atoms with Gasteiger partial charge in [0, 0.05) is 6.04 Å². The zero-order valence-corrected chi connectivity index (χ0v) is 19.8. The standard InChI is InChI=1S/C27H30N2O6/c1-18(2)29(16-24(30)26(33)35-17-19-8-4-3-5-9-19)27(34)28-23(15-25(31)32)22-13-12-20-10-6-7-11-21(20)14-22/h3-14,18,23-24,30H,15-17H2,1-2H3,(H,28,34)(H,31,32). The van der Waals surface area contributed by atoms with E-state index < -0.39 is 30.1 Å². The van der Waals surface area contributed by atoms with Crippen LogP contribution in [0.4, 0.5) is 4.79 Å². The number of nitrogens with one attached hydrogen (secondary N) is 1. The van der Waals surface area contributed by atoms with Crippen molar-refractivity contribution in [1.29, 1.82) is 0 Å². The quantitative estimate of drug-likeness (QED) is 0.381. The molecule has 0 saturated heterocycles. The van der Waals surface area contributed by atoms with Gasteiger partial charge in [-0.25, -0.2) is 9.59 Å². The van der Waals surface area contributed by atoms with Gasteiger partial charge >= 0.3 is 18.0 Å². The van der Waals surface area contributed by atoms with Gasteiger partial charge in [0.05, 0.1) is 19.0 Å². The molecule has 3 aromatic rings. The first-order valence-electron chi connectivity index (χ1n) is 11.4. The molecule has 0 aliphatic carbocycles. The van der Waals surface area contributed by atoms with Crippen LogP contribution < -0.4 is 5.32 Å². The first-order chi connectivity index (χ1) is 16.7. The monoisotopic (exact) mass is 478 g/mol. The van der Waals surface area contributed by atoms with Crippen LogP contribution in [0.2, 0.25) is 0 Å². The molecule has 0 aliphatic heterocycles. The molecule has 8 nitrogen and oxygen atoms in total. The minimum absolute atomic E-state index is 0.00720. The molecule has 0 saturated carbocycles. The second-order valence-electron chi connectivity index (χ2n) is 8.56. The number of esters is 1. The Morgan fingerprint density at radius 1 is 0.943 bits per heavy atom. The van der Waals surface area contributed by atoms with Crippen LogP contribution in [0.25, 0.3) is 10.8 Å². The molecule has 184 valence electrons. The lowest BCUT2D eigenvalue weighted by molar-refractivity contribution is -0.155. The lowest BCUT2D eigenvalue weighted by Crippen LogP contribution is -2.50. The predicted molar refractivity (Wildman–Crippen MR) is 132 cm³/mol. The molecule has 0 aliphatic rings. The number of fused-ring (bicyclic) bond motifs is 1. The Bertz CT molecular complexity index is 1160. The van der Waals surface area contributed by atoms with Gasteiger partial charge in [0.1, 0.15) is 6.61 Å². The topological polar surface area (TPSA) is 116 Å². The minimum atomic E-state index is -1.55. The van der Waals surface area contributed by atoms with Gasteiger partial charge in [0.15, 0.2) is 6.10 Å². The van der Waals surface area contributed by atoms with Crippen molar-refractivity contribution in [1.82, 2.24) is 10.2 Å². The van der Waals surface area contributed by atoms with Crippen LogP contribution in [-0.4, -0.2) is 51.8 Å². The lowest BCUT2D eigenvalue weighted by Gasteiger charge is -2.30. The number of rotatable bonds is 10. The molecule has 3 rings (SSSR count). The van der Waals surface area contributed by atoms with Crippen molar-refractivity contribution in [2.45, 2.75) is 45.1 Å². The number of benzene rings is 3. The number of nitrogens with zero attached hydrogens (tertiary/aromatic N) is 1. The molecule has 0 aromatic heterocycles. The molecule has 3 N–H and O–H groups in total. The Labute approximate surface area is 204 Å². The summed E-state index contributed by atoms with van der Waals surface area (Å²) in [7, 11) is 0.